The highest BCUT2D eigenvalue weighted by Crippen LogP contribution is 2.33. The molecule has 0 unspecified atom stereocenters. The van der Waals surface area contributed by atoms with Crippen LogP contribution in [0.3, 0.4) is 0 Å². The first-order valence-corrected chi connectivity index (χ1v) is 7.10. The van der Waals surface area contributed by atoms with Crippen molar-refractivity contribution in [2.45, 2.75) is 44.6 Å². The van der Waals surface area contributed by atoms with Gasteiger partial charge in [-0.25, -0.2) is 9.97 Å². The van der Waals surface area contributed by atoms with Gasteiger partial charge in [-0.3, -0.25) is 0 Å². The van der Waals surface area contributed by atoms with Crippen molar-refractivity contribution in [1.29, 1.82) is 0 Å². The van der Waals surface area contributed by atoms with E-state index >= 15 is 0 Å². The van der Waals surface area contributed by atoms with E-state index in [1.54, 1.807) is 0 Å². The Morgan fingerprint density at radius 1 is 1.32 bits per heavy atom. The number of nitrogens with zero attached hydrogens (tertiary/aromatic N) is 3. The van der Waals surface area contributed by atoms with Crippen LogP contribution in [0.4, 0.5) is 11.6 Å². The maximum absolute atomic E-state index is 5.81. The van der Waals surface area contributed by atoms with Crippen LogP contribution in [0.15, 0.2) is 6.07 Å². The Balaban J connectivity index is 2.07. The van der Waals surface area contributed by atoms with Crippen LogP contribution in [0.2, 0.25) is 0 Å². The van der Waals surface area contributed by atoms with Crippen LogP contribution in [0.1, 0.15) is 38.4 Å². The molecule has 0 atom stereocenters. The van der Waals surface area contributed by atoms with Gasteiger partial charge in [0.15, 0.2) is 0 Å². The first kappa shape index (κ1) is 14.1. The lowest BCUT2D eigenvalue weighted by Gasteiger charge is -2.36. The van der Waals surface area contributed by atoms with Crippen molar-refractivity contribution >= 4 is 11.6 Å². The van der Waals surface area contributed by atoms with E-state index in [1.165, 1.54) is 25.7 Å². The van der Waals surface area contributed by atoms with Crippen molar-refractivity contribution in [2.75, 3.05) is 31.7 Å². The Labute approximate surface area is 115 Å². The fraction of sp³-hybridized carbons (Fsp3) is 0.714. The molecular weight excluding hydrogens is 238 g/mol. The molecule has 0 aliphatic heterocycles. The summed E-state index contributed by atoms with van der Waals surface area (Å²) in [5, 5.41) is 3.45. The Hall–Kier alpha value is -1.36. The molecule has 19 heavy (non-hydrogen) atoms. The van der Waals surface area contributed by atoms with Gasteiger partial charge in [0.2, 0.25) is 0 Å². The van der Waals surface area contributed by atoms with Gasteiger partial charge in [-0.2, -0.15) is 0 Å². The number of anilines is 2. The Morgan fingerprint density at radius 2 is 2.00 bits per heavy atom. The summed E-state index contributed by atoms with van der Waals surface area (Å²) >= 11 is 0. The van der Waals surface area contributed by atoms with Gasteiger partial charge in [-0.1, -0.05) is 19.8 Å². The van der Waals surface area contributed by atoms with E-state index < -0.39 is 0 Å². The van der Waals surface area contributed by atoms with Crippen LogP contribution >= 0.6 is 0 Å². The zero-order valence-electron chi connectivity index (χ0n) is 12.2. The third-order valence-electron chi connectivity index (χ3n) is 4.19. The van der Waals surface area contributed by atoms with Crippen LogP contribution in [-0.4, -0.2) is 41.0 Å². The molecule has 0 aromatic carbocycles. The van der Waals surface area contributed by atoms with Gasteiger partial charge in [0.05, 0.1) is 0 Å². The SMILES string of the molecule is CCc1nc(N)cc(NCC2(N(C)C)CCCC2)n1. The number of nitrogen functional groups attached to an aromatic ring is 1. The molecule has 5 heteroatoms. The third kappa shape index (κ3) is 3.15. The number of hydrogen-bond acceptors (Lipinski definition) is 5. The molecule has 0 radical (unpaired) electrons. The normalized spacial score (nSPS) is 17.9. The van der Waals surface area contributed by atoms with E-state index in [-0.39, 0.29) is 5.54 Å². The summed E-state index contributed by atoms with van der Waals surface area (Å²) in [5.41, 5.74) is 6.07. The number of rotatable bonds is 5. The molecule has 0 saturated heterocycles. The van der Waals surface area contributed by atoms with Crippen LogP contribution in [0.25, 0.3) is 0 Å². The number of nitrogens with two attached hydrogens (primary N) is 1. The van der Waals surface area contributed by atoms with Gasteiger partial charge in [0.25, 0.3) is 0 Å². The van der Waals surface area contributed by atoms with Gasteiger partial charge >= 0.3 is 0 Å². The zero-order valence-corrected chi connectivity index (χ0v) is 12.2. The van der Waals surface area contributed by atoms with Gasteiger partial charge < -0.3 is 16.0 Å². The van der Waals surface area contributed by atoms with Crippen molar-refractivity contribution in [3.63, 3.8) is 0 Å². The second kappa shape index (κ2) is 5.74. The predicted octanol–water partition coefficient (Wildman–Crippen LogP) is 1.91. The monoisotopic (exact) mass is 263 g/mol. The molecular formula is C14H25N5. The average molecular weight is 263 g/mol. The summed E-state index contributed by atoms with van der Waals surface area (Å²) in [5.74, 6) is 2.19. The quantitative estimate of drug-likeness (QED) is 0.849. The Morgan fingerprint density at radius 3 is 2.58 bits per heavy atom. The summed E-state index contributed by atoms with van der Waals surface area (Å²) in [6.07, 6.45) is 5.92. The molecule has 1 aliphatic carbocycles. The summed E-state index contributed by atoms with van der Waals surface area (Å²) < 4.78 is 0. The molecule has 5 nitrogen and oxygen atoms in total. The average Bonchev–Trinajstić information content (AvgIpc) is 2.86. The number of aryl methyl sites for hydroxylation is 1. The fourth-order valence-electron chi connectivity index (χ4n) is 2.84. The maximum atomic E-state index is 5.81. The molecule has 1 aromatic rings. The molecule has 1 saturated carbocycles. The van der Waals surface area contributed by atoms with Crippen molar-refractivity contribution < 1.29 is 0 Å². The Bertz CT molecular complexity index is 424. The van der Waals surface area contributed by atoms with E-state index in [0.717, 1.165) is 24.6 Å². The molecule has 1 heterocycles. The standard InChI is InChI=1S/C14H25N5/c1-4-12-17-11(15)9-13(18-12)16-10-14(19(2)3)7-5-6-8-14/h9H,4-8,10H2,1-3H3,(H3,15,16,17,18). The lowest BCUT2D eigenvalue weighted by molar-refractivity contribution is 0.172. The lowest BCUT2D eigenvalue weighted by atomic mass is 9.96. The third-order valence-corrected chi connectivity index (χ3v) is 4.19. The molecule has 3 N–H and O–H groups in total. The summed E-state index contributed by atoms with van der Waals surface area (Å²) in [6.45, 7) is 2.95. The predicted molar refractivity (Wildman–Crippen MR) is 79.2 cm³/mol. The van der Waals surface area contributed by atoms with E-state index in [0.29, 0.717) is 5.82 Å². The van der Waals surface area contributed by atoms with Crippen LogP contribution in [0.5, 0.6) is 0 Å². The molecule has 0 amide bonds. The summed E-state index contributed by atoms with van der Waals surface area (Å²) in [6, 6.07) is 1.82. The molecule has 1 aromatic heterocycles. The van der Waals surface area contributed by atoms with Gasteiger partial charge in [0, 0.05) is 24.6 Å². The first-order chi connectivity index (χ1) is 9.05. The second-order valence-corrected chi connectivity index (χ2v) is 5.63. The first-order valence-electron chi connectivity index (χ1n) is 7.10. The van der Waals surface area contributed by atoms with Gasteiger partial charge in [-0.15, -0.1) is 0 Å². The zero-order chi connectivity index (χ0) is 13.9. The van der Waals surface area contributed by atoms with Crippen LogP contribution in [-0.2, 0) is 6.42 Å². The van der Waals surface area contributed by atoms with Crippen LogP contribution < -0.4 is 11.1 Å². The highest BCUT2D eigenvalue weighted by Gasteiger charge is 2.35. The second-order valence-electron chi connectivity index (χ2n) is 5.63. The topological polar surface area (TPSA) is 67.1 Å². The highest BCUT2D eigenvalue weighted by molar-refractivity contribution is 5.45. The molecule has 0 spiro atoms. The van der Waals surface area contributed by atoms with Gasteiger partial charge in [0.1, 0.15) is 17.5 Å². The minimum atomic E-state index is 0.256. The number of likely N-dealkylation sites (N-methyl/N-ethyl adjacent to an activating group) is 1. The maximum Gasteiger partial charge on any atom is 0.132 e. The Kier molecular flexibility index (Phi) is 4.24. The van der Waals surface area contributed by atoms with Crippen LogP contribution in [0, 0.1) is 0 Å². The smallest absolute Gasteiger partial charge is 0.132 e. The van der Waals surface area contributed by atoms with Crippen molar-refractivity contribution in [3.8, 4) is 0 Å². The number of nitrogens with one attached hydrogen (secondary N) is 1. The molecule has 106 valence electrons. The van der Waals surface area contributed by atoms with Gasteiger partial charge in [-0.05, 0) is 26.9 Å². The van der Waals surface area contributed by atoms with Crippen molar-refractivity contribution in [1.82, 2.24) is 14.9 Å². The van der Waals surface area contributed by atoms with E-state index in [1.807, 2.05) is 13.0 Å². The molecule has 1 fully saturated rings. The number of hydrogen-bond donors (Lipinski definition) is 2. The fourth-order valence-corrected chi connectivity index (χ4v) is 2.84. The largest absolute Gasteiger partial charge is 0.384 e. The molecule has 1 aliphatic rings. The van der Waals surface area contributed by atoms with Crippen molar-refractivity contribution in [3.05, 3.63) is 11.9 Å². The molecule has 2 rings (SSSR count). The highest BCUT2D eigenvalue weighted by atomic mass is 15.2. The summed E-state index contributed by atoms with van der Waals surface area (Å²) in [4.78, 5) is 11.0. The minimum Gasteiger partial charge on any atom is -0.384 e. The van der Waals surface area contributed by atoms with E-state index in [4.69, 9.17) is 5.73 Å². The summed E-state index contributed by atoms with van der Waals surface area (Å²) in [7, 11) is 4.33. The van der Waals surface area contributed by atoms with Crippen molar-refractivity contribution in [2.24, 2.45) is 0 Å². The van der Waals surface area contributed by atoms with E-state index in [2.05, 4.69) is 34.3 Å². The minimum absolute atomic E-state index is 0.256. The number of aromatic nitrogens is 2. The van der Waals surface area contributed by atoms with E-state index in [9.17, 15) is 0 Å². The lowest BCUT2D eigenvalue weighted by Crippen LogP contribution is -2.47. The molecule has 0 bridgehead atoms.